The number of hydrogen-bond donors (Lipinski definition) is 0. The van der Waals surface area contributed by atoms with E-state index in [0.717, 1.165) is 32.4 Å². The van der Waals surface area contributed by atoms with Gasteiger partial charge in [0.05, 0.1) is 11.9 Å². The summed E-state index contributed by atoms with van der Waals surface area (Å²) in [4.78, 5) is 7.10. The molecule has 0 aliphatic carbocycles. The van der Waals surface area contributed by atoms with Crippen molar-refractivity contribution in [1.82, 2.24) is 4.98 Å². The summed E-state index contributed by atoms with van der Waals surface area (Å²) >= 11 is 0. The van der Waals surface area contributed by atoms with E-state index in [1.165, 1.54) is 22.2 Å². The van der Waals surface area contributed by atoms with Crippen molar-refractivity contribution in [1.29, 1.82) is 0 Å². The second kappa shape index (κ2) is 7.09. The van der Waals surface area contributed by atoms with Gasteiger partial charge in [-0.25, -0.2) is 0 Å². The van der Waals surface area contributed by atoms with Crippen LogP contribution in [0.3, 0.4) is 0 Å². The predicted octanol–water partition coefficient (Wildman–Crippen LogP) is 4.84. The molecular formula is C18H26N2. The molecule has 0 amide bonds. The predicted molar refractivity (Wildman–Crippen MR) is 90.6 cm³/mol. The minimum absolute atomic E-state index is 0. The fourth-order valence-electron chi connectivity index (χ4n) is 2.64. The fourth-order valence-corrected chi connectivity index (χ4v) is 2.64. The highest BCUT2D eigenvalue weighted by molar-refractivity contribution is 5.95. The topological polar surface area (TPSA) is 16.1 Å². The number of benzene rings is 1. The number of pyridine rings is 1. The van der Waals surface area contributed by atoms with Crippen LogP contribution < -0.4 is 4.90 Å². The zero-order valence-electron chi connectivity index (χ0n) is 12.6. The smallest absolute Gasteiger partial charge is 0.0632 e. The number of rotatable bonds is 7. The van der Waals surface area contributed by atoms with Crippen molar-refractivity contribution >= 4 is 16.5 Å². The van der Waals surface area contributed by atoms with Crippen LogP contribution in [0.4, 0.5) is 5.69 Å². The number of aryl methyl sites for hydroxylation is 1. The van der Waals surface area contributed by atoms with E-state index in [0.29, 0.717) is 0 Å². The summed E-state index contributed by atoms with van der Waals surface area (Å²) in [6, 6.07) is 8.61. The molecule has 1 aromatic carbocycles. The van der Waals surface area contributed by atoms with E-state index in [-0.39, 0.29) is 1.43 Å². The zero-order chi connectivity index (χ0) is 14.4. The molecule has 0 fully saturated rings. The minimum atomic E-state index is 0. The van der Waals surface area contributed by atoms with Gasteiger partial charge in [-0.2, -0.15) is 0 Å². The van der Waals surface area contributed by atoms with Crippen LogP contribution in [0.1, 0.15) is 33.8 Å². The van der Waals surface area contributed by atoms with Gasteiger partial charge in [0.25, 0.3) is 0 Å². The lowest BCUT2D eigenvalue weighted by molar-refractivity contribution is 0.765. The normalized spacial score (nSPS) is 10.7. The Bertz CT molecular complexity index is 580. The summed E-state index contributed by atoms with van der Waals surface area (Å²) in [6.45, 7) is 10.3. The van der Waals surface area contributed by atoms with E-state index in [4.69, 9.17) is 0 Å². The minimum Gasteiger partial charge on any atom is -0.369 e. The Morgan fingerprint density at radius 2 is 1.95 bits per heavy atom. The molecule has 0 atom stereocenters. The molecule has 2 aromatic rings. The number of fused-ring (bicyclic) bond motifs is 1. The van der Waals surface area contributed by atoms with Gasteiger partial charge in [0.1, 0.15) is 0 Å². The second-order valence-corrected chi connectivity index (χ2v) is 5.05. The van der Waals surface area contributed by atoms with Crippen LogP contribution in [0.15, 0.2) is 43.1 Å². The van der Waals surface area contributed by atoms with Crippen molar-refractivity contribution in [3.63, 3.8) is 0 Å². The van der Waals surface area contributed by atoms with Crippen LogP contribution in [0.25, 0.3) is 10.8 Å². The van der Waals surface area contributed by atoms with E-state index < -0.39 is 0 Å². The molecule has 0 radical (unpaired) electrons. The fraction of sp³-hybridized carbons (Fsp3) is 0.389. The Morgan fingerprint density at radius 1 is 1.20 bits per heavy atom. The van der Waals surface area contributed by atoms with Crippen molar-refractivity contribution in [3.8, 4) is 0 Å². The maximum atomic E-state index is 4.67. The average molecular weight is 270 g/mol. The molecule has 2 nitrogen and oxygen atoms in total. The van der Waals surface area contributed by atoms with Gasteiger partial charge in [-0.15, -0.1) is 6.58 Å². The van der Waals surface area contributed by atoms with Crippen LogP contribution >= 0.6 is 0 Å². The average Bonchev–Trinajstić information content (AvgIpc) is 2.50. The maximum absolute atomic E-state index is 4.67. The third-order valence-electron chi connectivity index (χ3n) is 3.63. The Balaban J connectivity index is 0.00000220. The molecule has 1 heterocycles. The van der Waals surface area contributed by atoms with Crippen LogP contribution in [0.2, 0.25) is 0 Å². The second-order valence-electron chi connectivity index (χ2n) is 5.05. The molecule has 2 rings (SSSR count). The Kier molecular flexibility index (Phi) is 5.16. The Morgan fingerprint density at radius 3 is 2.60 bits per heavy atom. The van der Waals surface area contributed by atoms with Gasteiger partial charge in [0.2, 0.25) is 0 Å². The molecule has 0 bridgehead atoms. The molecule has 0 saturated heterocycles. The Hall–Kier alpha value is -1.83. The van der Waals surface area contributed by atoms with E-state index >= 15 is 0 Å². The van der Waals surface area contributed by atoms with Crippen molar-refractivity contribution in [2.75, 3.05) is 18.0 Å². The summed E-state index contributed by atoms with van der Waals surface area (Å²) in [5.74, 6) is 0. The van der Waals surface area contributed by atoms with Crippen LogP contribution in [-0.4, -0.2) is 18.1 Å². The van der Waals surface area contributed by atoms with Crippen molar-refractivity contribution < 1.29 is 1.43 Å². The summed E-state index contributed by atoms with van der Waals surface area (Å²) in [7, 11) is 0. The SMILES string of the molecule is C=CCCN(CCC)c1cnc(CC)c2ccccc12.[HH]. The molecule has 0 N–H and O–H groups in total. The molecule has 0 saturated carbocycles. The van der Waals surface area contributed by atoms with Crippen LogP contribution in [-0.2, 0) is 6.42 Å². The van der Waals surface area contributed by atoms with Crippen molar-refractivity contribution in [2.24, 2.45) is 0 Å². The summed E-state index contributed by atoms with van der Waals surface area (Å²) < 4.78 is 0. The lowest BCUT2D eigenvalue weighted by Gasteiger charge is -2.25. The third kappa shape index (κ3) is 3.01. The summed E-state index contributed by atoms with van der Waals surface area (Å²) in [5, 5.41) is 2.60. The summed E-state index contributed by atoms with van der Waals surface area (Å²) in [5.41, 5.74) is 2.44. The van der Waals surface area contributed by atoms with Gasteiger partial charge < -0.3 is 4.90 Å². The largest absolute Gasteiger partial charge is 0.369 e. The van der Waals surface area contributed by atoms with E-state index in [1.54, 1.807) is 0 Å². The van der Waals surface area contributed by atoms with Crippen LogP contribution in [0.5, 0.6) is 0 Å². The number of hydrogen-bond acceptors (Lipinski definition) is 2. The molecule has 0 unspecified atom stereocenters. The maximum Gasteiger partial charge on any atom is 0.0632 e. The standard InChI is InChI=1S/C18H24N2.H2/c1-4-7-13-20(12-5-2)18-14-19-17(6-3)15-10-8-9-11-16(15)18;/h4,8-11,14H,1,5-7,12-13H2,2-3H3;1H. The van der Waals surface area contributed by atoms with Gasteiger partial charge in [0, 0.05) is 31.0 Å². The van der Waals surface area contributed by atoms with Gasteiger partial charge in [-0.3, -0.25) is 4.98 Å². The van der Waals surface area contributed by atoms with Crippen molar-refractivity contribution in [2.45, 2.75) is 33.1 Å². The molecule has 1 aromatic heterocycles. The molecule has 20 heavy (non-hydrogen) atoms. The highest BCUT2D eigenvalue weighted by atomic mass is 15.1. The molecule has 108 valence electrons. The first-order chi connectivity index (χ1) is 9.81. The number of aromatic nitrogens is 1. The molecule has 0 aliphatic heterocycles. The first-order valence-corrected chi connectivity index (χ1v) is 7.54. The lowest BCUT2D eigenvalue weighted by atomic mass is 10.1. The van der Waals surface area contributed by atoms with Gasteiger partial charge >= 0.3 is 0 Å². The lowest BCUT2D eigenvalue weighted by Crippen LogP contribution is -2.25. The van der Waals surface area contributed by atoms with Crippen LogP contribution in [0, 0.1) is 0 Å². The molecular weight excluding hydrogens is 244 g/mol. The quantitative estimate of drug-likeness (QED) is 0.669. The van der Waals surface area contributed by atoms with Crippen molar-refractivity contribution in [3.05, 3.63) is 48.8 Å². The highest BCUT2D eigenvalue weighted by Crippen LogP contribution is 2.28. The number of nitrogens with zero attached hydrogens (tertiary/aromatic N) is 2. The highest BCUT2D eigenvalue weighted by Gasteiger charge is 2.11. The molecule has 0 aliphatic rings. The molecule has 0 spiro atoms. The third-order valence-corrected chi connectivity index (χ3v) is 3.63. The number of anilines is 1. The molecule has 2 heteroatoms. The van der Waals surface area contributed by atoms with E-state index in [1.807, 2.05) is 12.3 Å². The van der Waals surface area contributed by atoms with E-state index in [9.17, 15) is 0 Å². The summed E-state index contributed by atoms with van der Waals surface area (Å²) in [6.07, 6.45) is 7.14. The Labute approximate surface area is 123 Å². The first kappa shape index (κ1) is 14.6. The zero-order valence-corrected chi connectivity index (χ0v) is 12.6. The van der Waals surface area contributed by atoms with Gasteiger partial charge in [-0.1, -0.05) is 44.2 Å². The monoisotopic (exact) mass is 270 g/mol. The first-order valence-electron chi connectivity index (χ1n) is 7.54. The van der Waals surface area contributed by atoms with E-state index in [2.05, 4.69) is 54.6 Å². The van der Waals surface area contributed by atoms with Gasteiger partial charge in [-0.05, 0) is 19.3 Å². The van der Waals surface area contributed by atoms with Gasteiger partial charge in [0.15, 0.2) is 0 Å².